The van der Waals surface area contributed by atoms with Crippen LogP contribution < -0.4 is 0 Å². The molecule has 1 aromatic rings. The first-order valence-electron chi connectivity index (χ1n) is 4.02. The van der Waals surface area contributed by atoms with Crippen molar-refractivity contribution >= 4 is 17.5 Å². The van der Waals surface area contributed by atoms with Crippen molar-refractivity contribution in [3.8, 4) is 0 Å². The fraction of sp³-hybridized carbons (Fsp3) is 0.444. The molecule has 0 atom stereocenters. The van der Waals surface area contributed by atoms with E-state index in [-0.39, 0.29) is 5.91 Å². The highest BCUT2D eigenvalue weighted by atomic mass is 35.5. The minimum Gasteiger partial charge on any atom is -0.459 e. The summed E-state index contributed by atoms with van der Waals surface area (Å²) in [5, 5.41) is 0. The lowest BCUT2D eigenvalue weighted by atomic mass is 10.2. The summed E-state index contributed by atoms with van der Waals surface area (Å²) >= 11 is 5.52. The second-order valence-electron chi connectivity index (χ2n) is 2.85. The van der Waals surface area contributed by atoms with Crippen molar-refractivity contribution in [3.63, 3.8) is 0 Å². The fourth-order valence-electron chi connectivity index (χ4n) is 0.994. The summed E-state index contributed by atoms with van der Waals surface area (Å²) in [6, 6.07) is 1.77. The van der Waals surface area contributed by atoms with E-state index < -0.39 is 0 Å². The highest BCUT2D eigenvalue weighted by molar-refractivity contribution is 6.18. The number of nitrogens with zero attached hydrogens (tertiary/aromatic N) is 1. The first kappa shape index (κ1) is 10.1. The quantitative estimate of drug-likeness (QED) is 0.700. The molecule has 72 valence electrons. The Morgan fingerprint density at radius 1 is 1.69 bits per heavy atom. The maximum atomic E-state index is 11.6. The summed E-state index contributed by atoms with van der Waals surface area (Å²) in [4.78, 5) is 13.1. The molecule has 0 saturated carbocycles. The van der Waals surface area contributed by atoms with Crippen molar-refractivity contribution in [2.75, 3.05) is 19.5 Å². The molecule has 0 aliphatic heterocycles. The van der Waals surface area contributed by atoms with Crippen LogP contribution in [-0.4, -0.2) is 30.3 Å². The van der Waals surface area contributed by atoms with Crippen molar-refractivity contribution in [1.29, 1.82) is 0 Å². The van der Waals surface area contributed by atoms with Gasteiger partial charge >= 0.3 is 0 Å². The van der Waals surface area contributed by atoms with Gasteiger partial charge in [-0.2, -0.15) is 0 Å². The van der Waals surface area contributed by atoms with Gasteiger partial charge in [-0.05, 0) is 13.0 Å². The van der Waals surface area contributed by atoms with E-state index in [2.05, 4.69) is 0 Å². The molecular formula is C9H12ClNO2. The van der Waals surface area contributed by atoms with E-state index in [0.29, 0.717) is 18.2 Å². The summed E-state index contributed by atoms with van der Waals surface area (Å²) < 4.78 is 5.06. The minimum atomic E-state index is -0.122. The van der Waals surface area contributed by atoms with Crippen LogP contribution in [0.4, 0.5) is 0 Å². The number of hydrogen-bond acceptors (Lipinski definition) is 2. The number of carbonyl (C=O) groups excluding carboxylic acids is 1. The van der Waals surface area contributed by atoms with Gasteiger partial charge in [0.1, 0.15) is 0 Å². The standard InChI is InChI=1S/C9H12ClNO2/c1-7-3-6-13-8(7)9(12)11(2)5-4-10/h3,6H,4-5H2,1-2H3. The second kappa shape index (κ2) is 4.33. The van der Waals surface area contributed by atoms with Crippen molar-refractivity contribution in [2.24, 2.45) is 0 Å². The Bertz CT molecular complexity index is 296. The van der Waals surface area contributed by atoms with Gasteiger partial charge in [0.2, 0.25) is 0 Å². The molecule has 4 heteroatoms. The zero-order valence-electron chi connectivity index (χ0n) is 7.71. The molecule has 0 aliphatic carbocycles. The molecule has 13 heavy (non-hydrogen) atoms. The molecular weight excluding hydrogens is 190 g/mol. The van der Waals surface area contributed by atoms with E-state index in [1.165, 1.54) is 6.26 Å². The lowest BCUT2D eigenvalue weighted by Gasteiger charge is -2.13. The van der Waals surface area contributed by atoms with Crippen LogP contribution in [0.1, 0.15) is 16.1 Å². The lowest BCUT2D eigenvalue weighted by Crippen LogP contribution is -2.28. The number of halogens is 1. The van der Waals surface area contributed by atoms with Gasteiger partial charge in [0.25, 0.3) is 5.91 Å². The SMILES string of the molecule is Cc1ccoc1C(=O)N(C)CCCl. The Morgan fingerprint density at radius 2 is 2.38 bits per heavy atom. The Morgan fingerprint density at radius 3 is 2.85 bits per heavy atom. The van der Waals surface area contributed by atoms with Gasteiger partial charge in [-0.3, -0.25) is 4.79 Å². The predicted molar refractivity (Wildman–Crippen MR) is 51.1 cm³/mol. The van der Waals surface area contributed by atoms with Gasteiger partial charge in [0.05, 0.1) is 6.26 Å². The monoisotopic (exact) mass is 201 g/mol. The molecule has 0 spiro atoms. The van der Waals surface area contributed by atoms with Crippen LogP contribution in [0.25, 0.3) is 0 Å². The van der Waals surface area contributed by atoms with E-state index in [1.807, 2.05) is 6.92 Å². The number of aryl methyl sites for hydroxylation is 1. The van der Waals surface area contributed by atoms with Crippen LogP contribution >= 0.6 is 11.6 Å². The van der Waals surface area contributed by atoms with Crippen molar-refractivity contribution in [3.05, 3.63) is 23.7 Å². The van der Waals surface area contributed by atoms with E-state index in [0.717, 1.165) is 5.56 Å². The number of furan rings is 1. The Labute approximate surface area is 82.3 Å². The third-order valence-electron chi connectivity index (χ3n) is 1.82. The molecule has 1 amide bonds. The third-order valence-corrected chi connectivity index (χ3v) is 1.99. The number of hydrogen-bond donors (Lipinski definition) is 0. The Kier molecular flexibility index (Phi) is 3.37. The summed E-state index contributed by atoms with van der Waals surface area (Å²) in [6.45, 7) is 2.37. The van der Waals surface area contributed by atoms with E-state index in [9.17, 15) is 4.79 Å². The number of alkyl halides is 1. The average Bonchev–Trinajstić information content (AvgIpc) is 2.50. The maximum Gasteiger partial charge on any atom is 0.289 e. The molecule has 0 radical (unpaired) electrons. The molecule has 1 aromatic heterocycles. The molecule has 0 fully saturated rings. The summed E-state index contributed by atoms with van der Waals surface area (Å²) in [5.74, 6) is 0.706. The highest BCUT2D eigenvalue weighted by Gasteiger charge is 2.16. The summed E-state index contributed by atoms with van der Waals surface area (Å²) in [6.07, 6.45) is 1.51. The van der Waals surface area contributed by atoms with E-state index in [1.54, 1.807) is 18.0 Å². The molecule has 0 aromatic carbocycles. The maximum absolute atomic E-state index is 11.6. The van der Waals surface area contributed by atoms with Crippen LogP contribution in [0.3, 0.4) is 0 Å². The molecule has 0 unspecified atom stereocenters. The number of amides is 1. The predicted octanol–water partition coefficient (Wildman–Crippen LogP) is 1.90. The topological polar surface area (TPSA) is 33.5 Å². The van der Waals surface area contributed by atoms with Crippen LogP contribution in [-0.2, 0) is 0 Å². The van der Waals surface area contributed by atoms with Crippen LogP contribution in [0.2, 0.25) is 0 Å². The highest BCUT2D eigenvalue weighted by Crippen LogP contribution is 2.10. The fourth-order valence-corrected chi connectivity index (χ4v) is 1.25. The van der Waals surface area contributed by atoms with Gasteiger partial charge < -0.3 is 9.32 Å². The van der Waals surface area contributed by atoms with Gasteiger partial charge in [-0.1, -0.05) is 0 Å². The summed E-state index contributed by atoms with van der Waals surface area (Å²) in [5.41, 5.74) is 0.853. The number of carbonyl (C=O) groups is 1. The van der Waals surface area contributed by atoms with Crippen LogP contribution in [0.5, 0.6) is 0 Å². The number of rotatable bonds is 3. The molecule has 1 heterocycles. The van der Waals surface area contributed by atoms with Crippen molar-refractivity contribution in [1.82, 2.24) is 4.90 Å². The lowest BCUT2D eigenvalue weighted by molar-refractivity contribution is 0.0771. The van der Waals surface area contributed by atoms with E-state index >= 15 is 0 Å². The zero-order valence-corrected chi connectivity index (χ0v) is 8.47. The Hall–Kier alpha value is -0.960. The normalized spacial score (nSPS) is 10.1. The molecule has 3 nitrogen and oxygen atoms in total. The summed E-state index contributed by atoms with van der Waals surface area (Å²) in [7, 11) is 1.70. The molecule has 0 bridgehead atoms. The second-order valence-corrected chi connectivity index (χ2v) is 3.23. The van der Waals surface area contributed by atoms with Gasteiger partial charge in [0.15, 0.2) is 5.76 Å². The van der Waals surface area contributed by atoms with Gasteiger partial charge in [-0.25, -0.2) is 0 Å². The third kappa shape index (κ3) is 2.25. The van der Waals surface area contributed by atoms with Crippen LogP contribution in [0.15, 0.2) is 16.7 Å². The Balaban J connectivity index is 2.73. The van der Waals surface area contributed by atoms with Crippen molar-refractivity contribution < 1.29 is 9.21 Å². The van der Waals surface area contributed by atoms with Crippen LogP contribution in [0, 0.1) is 6.92 Å². The smallest absolute Gasteiger partial charge is 0.289 e. The molecule has 0 N–H and O–H groups in total. The first-order chi connectivity index (χ1) is 6.16. The molecule has 0 aliphatic rings. The van der Waals surface area contributed by atoms with Gasteiger partial charge in [-0.15, -0.1) is 11.6 Å². The largest absolute Gasteiger partial charge is 0.459 e. The molecule has 1 rings (SSSR count). The minimum absolute atomic E-state index is 0.122. The van der Waals surface area contributed by atoms with Crippen molar-refractivity contribution in [2.45, 2.75) is 6.92 Å². The first-order valence-corrected chi connectivity index (χ1v) is 4.55. The van der Waals surface area contributed by atoms with E-state index in [4.69, 9.17) is 16.0 Å². The zero-order chi connectivity index (χ0) is 9.84. The van der Waals surface area contributed by atoms with Gasteiger partial charge in [0, 0.05) is 25.0 Å². The average molecular weight is 202 g/mol. The molecule has 0 saturated heterocycles.